The summed E-state index contributed by atoms with van der Waals surface area (Å²) in [6, 6.07) is -0.213. The zero-order valence-electron chi connectivity index (χ0n) is 6.22. The molecule has 0 aromatic carbocycles. The number of carbonyl (C=O) groups excluding carboxylic acids is 2. The molecule has 1 unspecified atom stereocenters. The van der Waals surface area contributed by atoms with Crippen molar-refractivity contribution in [2.24, 2.45) is 0 Å². The quantitative estimate of drug-likeness (QED) is 0.335. The first-order valence-corrected chi connectivity index (χ1v) is 3.21. The summed E-state index contributed by atoms with van der Waals surface area (Å²) in [6.07, 6.45) is 0.341. The second-order valence-corrected chi connectivity index (χ2v) is 2.34. The number of β-lactam (4-membered cyclic amide) rings is 1. The normalized spacial score (nSPS) is 21.5. The van der Waals surface area contributed by atoms with E-state index < -0.39 is 5.97 Å². The number of hydrogen-bond acceptors (Lipinski definition) is 3. The molecule has 0 aliphatic carbocycles. The Kier molecular flexibility index (Phi) is 1.94. The van der Waals surface area contributed by atoms with E-state index >= 15 is 0 Å². The molecule has 4 heteroatoms. The van der Waals surface area contributed by atoms with Crippen LogP contribution in [0.1, 0.15) is 6.42 Å². The van der Waals surface area contributed by atoms with Gasteiger partial charge in [-0.3, -0.25) is 4.79 Å². The highest BCUT2D eigenvalue weighted by molar-refractivity contribution is 5.94. The van der Waals surface area contributed by atoms with Gasteiger partial charge in [-0.15, -0.1) is 0 Å². The fraction of sp³-hybridized carbons (Fsp3) is 0.429. The van der Waals surface area contributed by atoms with E-state index in [0.717, 1.165) is 0 Å². The average molecular weight is 155 g/mol. The summed E-state index contributed by atoms with van der Waals surface area (Å²) in [7, 11) is 1.29. The predicted octanol–water partition coefficient (Wildman–Crippen LogP) is -0.396. The van der Waals surface area contributed by atoms with Gasteiger partial charge in [-0.25, -0.2) is 4.79 Å². The molecular weight excluding hydrogens is 146 g/mol. The van der Waals surface area contributed by atoms with Crippen molar-refractivity contribution in [3.8, 4) is 0 Å². The van der Waals surface area contributed by atoms with Crippen LogP contribution in [0.25, 0.3) is 0 Å². The van der Waals surface area contributed by atoms with Crippen LogP contribution in [0.2, 0.25) is 0 Å². The molecule has 60 valence electrons. The largest absolute Gasteiger partial charge is 0.466 e. The number of ether oxygens (including phenoxy) is 1. The van der Waals surface area contributed by atoms with Gasteiger partial charge >= 0.3 is 5.97 Å². The molecule has 1 rings (SSSR count). The third-order valence-electron chi connectivity index (χ3n) is 1.59. The first-order chi connectivity index (χ1) is 5.15. The van der Waals surface area contributed by atoms with Gasteiger partial charge in [-0.2, -0.15) is 0 Å². The van der Waals surface area contributed by atoms with Crippen LogP contribution in [-0.2, 0) is 14.3 Å². The number of hydrogen-bond donors (Lipinski definition) is 1. The zero-order chi connectivity index (χ0) is 8.43. The molecule has 0 aromatic heterocycles. The minimum Gasteiger partial charge on any atom is -0.466 e. The molecular formula is C7H9NO3. The van der Waals surface area contributed by atoms with E-state index in [1.807, 2.05) is 0 Å². The van der Waals surface area contributed by atoms with Crippen LogP contribution in [0.15, 0.2) is 12.2 Å². The number of amides is 1. The summed E-state index contributed by atoms with van der Waals surface area (Å²) in [5.41, 5.74) is 0.312. The molecule has 1 amide bonds. The Balaban J connectivity index is 2.44. The van der Waals surface area contributed by atoms with Crippen molar-refractivity contribution in [2.45, 2.75) is 12.5 Å². The zero-order valence-corrected chi connectivity index (χ0v) is 6.22. The van der Waals surface area contributed by atoms with E-state index in [2.05, 4.69) is 16.6 Å². The molecule has 1 heterocycles. The lowest BCUT2D eigenvalue weighted by Crippen LogP contribution is -2.50. The molecule has 4 nitrogen and oxygen atoms in total. The van der Waals surface area contributed by atoms with E-state index in [1.165, 1.54) is 7.11 Å². The maximum atomic E-state index is 10.8. The second kappa shape index (κ2) is 2.74. The Hall–Kier alpha value is -1.32. The Bertz CT molecular complexity index is 214. The molecule has 1 aliphatic rings. The predicted molar refractivity (Wildman–Crippen MR) is 37.7 cm³/mol. The fourth-order valence-corrected chi connectivity index (χ4v) is 0.842. The number of nitrogens with one attached hydrogen (secondary N) is 1. The number of carbonyl (C=O) groups is 2. The third kappa shape index (κ3) is 1.39. The second-order valence-electron chi connectivity index (χ2n) is 2.34. The smallest absolute Gasteiger partial charge is 0.335 e. The first-order valence-electron chi connectivity index (χ1n) is 3.21. The van der Waals surface area contributed by atoms with Gasteiger partial charge < -0.3 is 10.1 Å². The highest BCUT2D eigenvalue weighted by atomic mass is 16.5. The lowest BCUT2D eigenvalue weighted by molar-refractivity contribution is -0.137. The fourth-order valence-electron chi connectivity index (χ4n) is 0.842. The molecule has 0 radical (unpaired) electrons. The van der Waals surface area contributed by atoms with Crippen molar-refractivity contribution in [2.75, 3.05) is 7.11 Å². The topological polar surface area (TPSA) is 55.4 Å². The van der Waals surface area contributed by atoms with Crippen LogP contribution in [0.4, 0.5) is 0 Å². The molecule has 1 atom stereocenters. The summed E-state index contributed by atoms with van der Waals surface area (Å²) in [5.74, 6) is -0.518. The van der Waals surface area contributed by atoms with Gasteiger partial charge in [0.25, 0.3) is 0 Å². The van der Waals surface area contributed by atoms with Crippen LogP contribution in [0, 0.1) is 0 Å². The summed E-state index contributed by atoms with van der Waals surface area (Å²) in [6.45, 7) is 3.49. The van der Waals surface area contributed by atoms with Gasteiger partial charge in [0.1, 0.15) is 0 Å². The Morgan fingerprint density at radius 1 is 1.82 bits per heavy atom. The van der Waals surface area contributed by atoms with Gasteiger partial charge in [0.15, 0.2) is 0 Å². The van der Waals surface area contributed by atoms with Crippen molar-refractivity contribution >= 4 is 11.9 Å². The maximum Gasteiger partial charge on any atom is 0.335 e. The molecule has 11 heavy (non-hydrogen) atoms. The van der Waals surface area contributed by atoms with Crippen molar-refractivity contribution in [1.82, 2.24) is 5.32 Å². The summed E-state index contributed by atoms with van der Waals surface area (Å²) >= 11 is 0. The van der Waals surface area contributed by atoms with Crippen molar-refractivity contribution in [3.63, 3.8) is 0 Å². The van der Waals surface area contributed by atoms with Gasteiger partial charge in [-0.1, -0.05) is 6.58 Å². The van der Waals surface area contributed by atoms with Crippen LogP contribution < -0.4 is 5.32 Å². The van der Waals surface area contributed by atoms with Gasteiger partial charge in [0, 0.05) is 0 Å². The van der Waals surface area contributed by atoms with Gasteiger partial charge in [0.05, 0.1) is 25.1 Å². The van der Waals surface area contributed by atoms with E-state index in [4.69, 9.17) is 0 Å². The van der Waals surface area contributed by atoms with E-state index in [1.54, 1.807) is 0 Å². The van der Waals surface area contributed by atoms with Crippen molar-refractivity contribution < 1.29 is 14.3 Å². The molecule has 1 fully saturated rings. The lowest BCUT2D eigenvalue weighted by atomic mass is 9.99. The molecule has 1 saturated heterocycles. The third-order valence-corrected chi connectivity index (χ3v) is 1.59. The van der Waals surface area contributed by atoms with Crippen LogP contribution in [0.3, 0.4) is 0 Å². The first kappa shape index (κ1) is 7.78. The monoisotopic (exact) mass is 155 g/mol. The summed E-state index contributed by atoms with van der Waals surface area (Å²) < 4.78 is 4.41. The SMILES string of the molecule is C=C(C(=O)OC)C1CC(=O)N1. The van der Waals surface area contributed by atoms with E-state index in [-0.39, 0.29) is 11.9 Å². The lowest BCUT2D eigenvalue weighted by Gasteiger charge is -2.27. The maximum absolute atomic E-state index is 10.8. The average Bonchev–Trinajstić information content (AvgIpc) is 1.96. The van der Waals surface area contributed by atoms with Crippen LogP contribution in [-0.4, -0.2) is 25.0 Å². The van der Waals surface area contributed by atoms with Crippen LogP contribution in [0.5, 0.6) is 0 Å². The van der Waals surface area contributed by atoms with Crippen LogP contribution >= 0.6 is 0 Å². The summed E-state index contributed by atoms with van der Waals surface area (Å²) in [4.78, 5) is 21.2. The Morgan fingerprint density at radius 2 is 2.36 bits per heavy atom. The molecule has 0 saturated carbocycles. The number of rotatable bonds is 2. The van der Waals surface area contributed by atoms with Crippen molar-refractivity contribution in [1.29, 1.82) is 0 Å². The highest BCUT2D eigenvalue weighted by Gasteiger charge is 2.31. The molecule has 0 aromatic rings. The van der Waals surface area contributed by atoms with E-state index in [9.17, 15) is 9.59 Å². The Labute approximate surface area is 64.2 Å². The molecule has 1 aliphatic heterocycles. The molecule has 0 bridgehead atoms. The molecule has 1 N–H and O–H groups in total. The van der Waals surface area contributed by atoms with Crippen molar-refractivity contribution in [3.05, 3.63) is 12.2 Å². The number of esters is 1. The summed E-state index contributed by atoms with van der Waals surface area (Å²) in [5, 5.41) is 2.52. The van der Waals surface area contributed by atoms with Gasteiger partial charge in [-0.05, 0) is 0 Å². The minimum absolute atomic E-state index is 0.0555. The highest BCUT2D eigenvalue weighted by Crippen LogP contribution is 2.13. The Morgan fingerprint density at radius 3 is 2.73 bits per heavy atom. The minimum atomic E-state index is -0.463. The molecule has 0 spiro atoms. The van der Waals surface area contributed by atoms with E-state index in [0.29, 0.717) is 12.0 Å². The van der Waals surface area contributed by atoms with Gasteiger partial charge in [0.2, 0.25) is 5.91 Å². The standard InChI is InChI=1S/C7H9NO3/c1-4(7(10)11-2)5-3-6(9)8-5/h5H,1,3H2,2H3,(H,8,9). The number of methoxy groups -OCH3 is 1.